The van der Waals surface area contributed by atoms with Crippen LogP contribution in [0.4, 0.5) is 5.69 Å². The molecule has 4 nitrogen and oxygen atoms in total. The third-order valence-corrected chi connectivity index (χ3v) is 4.58. The Labute approximate surface area is 134 Å². The fourth-order valence-electron chi connectivity index (χ4n) is 2.93. The highest BCUT2D eigenvalue weighted by Crippen LogP contribution is 2.34. The molecular formula is C16H21BrN2O2. The van der Waals surface area contributed by atoms with Gasteiger partial charge in [-0.05, 0) is 36.6 Å². The van der Waals surface area contributed by atoms with Gasteiger partial charge >= 0.3 is 0 Å². The predicted octanol–water partition coefficient (Wildman–Crippen LogP) is 2.96. The molecule has 1 N–H and O–H groups in total. The Morgan fingerprint density at radius 1 is 1.38 bits per heavy atom. The lowest BCUT2D eigenvalue weighted by Gasteiger charge is -2.16. The quantitative estimate of drug-likeness (QED) is 0.885. The molecule has 1 aromatic rings. The van der Waals surface area contributed by atoms with Crippen molar-refractivity contribution in [2.45, 2.75) is 26.2 Å². The summed E-state index contributed by atoms with van der Waals surface area (Å²) in [6, 6.07) is 7.74. The van der Waals surface area contributed by atoms with Gasteiger partial charge in [0.1, 0.15) is 0 Å². The SMILES string of the molecule is CCC[C@H]1CN(c2ccc(Br)cc2)C(=O)[C@@H]1CC(=O)NC. The Morgan fingerprint density at radius 2 is 2.05 bits per heavy atom. The molecular weight excluding hydrogens is 332 g/mol. The number of nitrogens with one attached hydrogen (secondary N) is 1. The number of benzene rings is 1. The summed E-state index contributed by atoms with van der Waals surface area (Å²) < 4.78 is 0.991. The molecule has 114 valence electrons. The minimum atomic E-state index is -0.200. The molecule has 0 radical (unpaired) electrons. The molecule has 1 saturated heterocycles. The Hall–Kier alpha value is -1.36. The van der Waals surface area contributed by atoms with Crippen LogP contribution in [0.25, 0.3) is 0 Å². The zero-order valence-electron chi connectivity index (χ0n) is 12.4. The number of halogens is 1. The fraction of sp³-hybridized carbons (Fsp3) is 0.500. The van der Waals surface area contributed by atoms with E-state index in [1.807, 2.05) is 29.2 Å². The number of carbonyl (C=O) groups is 2. The standard InChI is InChI=1S/C16H21BrN2O2/c1-3-4-11-10-19(13-7-5-12(17)6-8-13)16(21)14(11)9-15(20)18-2/h5-8,11,14H,3-4,9-10H2,1-2H3,(H,18,20)/t11-,14+/m0/s1. The summed E-state index contributed by atoms with van der Waals surface area (Å²) in [5, 5.41) is 2.62. The topological polar surface area (TPSA) is 49.4 Å². The zero-order chi connectivity index (χ0) is 15.4. The summed E-state index contributed by atoms with van der Waals surface area (Å²) in [6.45, 7) is 2.82. The van der Waals surface area contributed by atoms with Crippen LogP contribution >= 0.6 is 15.9 Å². The van der Waals surface area contributed by atoms with Crippen molar-refractivity contribution >= 4 is 33.4 Å². The minimum absolute atomic E-state index is 0.0629. The van der Waals surface area contributed by atoms with Crippen LogP contribution in [-0.4, -0.2) is 25.4 Å². The first-order valence-corrected chi connectivity index (χ1v) is 8.13. The van der Waals surface area contributed by atoms with Crippen LogP contribution in [0, 0.1) is 11.8 Å². The number of hydrogen-bond acceptors (Lipinski definition) is 2. The molecule has 2 atom stereocenters. The van der Waals surface area contributed by atoms with Gasteiger partial charge in [-0.1, -0.05) is 29.3 Å². The number of hydrogen-bond donors (Lipinski definition) is 1. The highest BCUT2D eigenvalue weighted by atomic mass is 79.9. The fourth-order valence-corrected chi connectivity index (χ4v) is 3.19. The second kappa shape index (κ2) is 7.07. The second-order valence-electron chi connectivity index (χ2n) is 5.46. The highest BCUT2D eigenvalue weighted by Gasteiger charge is 2.41. The van der Waals surface area contributed by atoms with Crippen molar-refractivity contribution in [2.24, 2.45) is 11.8 Å². The van der Waals surface area contributed by atoms with Crippen molar-refractivity contribution in [3.05, 3.63) is 28.7 Å². The Kier molecular flexibility index (Phi) is 5.39. The third kappa shape index (κ3) is 3.64. The first kappa shape index (κ1) is 16.0. The van der Waals surface area contributed by atoms with Gasteiger partial charge in [0.05, 0.1) is 5.92 Å². The molecule has 0 bridgehead atoms. The Morgan fingerprint density at radius 3 is 2.62 bits per heavy atom. The average Bonchev–Trinajstić information content (AvgIpc) is 2.77. The molecule has 1 aliphatic heterocycles. The number of nitrogens with zero attached hydrogens (tertiary/aromatic N) is 1. The van der Waals surface area contributed by atoms with Crippen molar-refractivity contribution < 1.29 is 9.59 Å². The van der Waals surface area contributed by atoms with Crippen LogP contribution in [0.3, 0.4) is 0 Å². The van der Waals surface area contributed by atoms with Crippen LogP contribution in [0.1, 0.15) is 26.2 Å². The maximum Gasteiger partial charge on any atom is 0.230 e. The monoisotopic (exact) mass is 352 g/mol. The van der Waals surface area contributed by atoms with Gasteiger partial charge in [-0.15, -0.1) is 0 Å². The van der Waals surface area contributed by atoms with Crippen molar-refractivity contribution in [2.75, 3.05) is 18.5 Å². The van der Waals surface area contributed by atoms with E-state index in [0.717, 1.165) is 23.0 Å². The summed E-state index contributed by atoms with van der Waals surface area (Å²) in [4.78, 5) is 26.1. The molecule has 1 fully saturated rings. The lowest BCUT2D eigenvalue weighted by molar-refractivity contribution is -0.127. The van der Waals surface area contributed by atoms with E-state index >= 15 is 0 Å². The van der Waals surface area contributed by atoms with E-state index in [2.05, 4.69) is 28.2 Å². The van der Waals surface area contributed by atoms with Crippen molar-refractivity contribution in [1.29, 1.82) is 0 Å². The summed E-state index contributed by atoms with van der Waals surface area (Å²) in [7, 11) is 1.61. The summed E-state index contributed by atoms with van der Waals surface area (Å²) in [5.41, 5.74) is 0.906. The average molecular weight is 353 g/mol. The lowest BCUT2D eigenvalue weighted by atomic mass is 9.88. The number of carbonyl (C=O) groups excluding carboxylic acids is 2. The van der Waals surface area contributed by atoms with Gasteiger partial charge in [0, 0.05) is 30.2 Å². The smallest absolute Gasteiger partial charge is 0.230 e. The first-order chi connectivity index (χ1) is 10.1. The first-order valence-electron chi connectivity index (χ1n) is 7.34. The summed E-state index contributed by atoms with van der Waals surface area (Å²) in [5.74, 6) is 0.0588. The van der Waals surface area contributed by atoms with Crippen LogP contribution in [0.15, 0.2) is 28.7 Å². The van der Waals surface area contributed by atoms with E-state index in [-0.39, 0.29) is 30.1 Å². The number of amides is 2. The van der Waals surface area contributed by atoms with E-state index < -0.39 is 0 Å². The van der Waals surface area contributed by atoms with Crippen molar-refractivity contribution in [1.82, 2.24) is 5.32 Å². The molecule has 2 rings (SSSR count). The van der Waals surface area contributed by atoms with E-state index in [0.29, 0.717) is 6.54 Å². The summed E-state index contributed by atoms with van der Waals surface area (Å²) >= 11 is 3.40. The predicted molar refractivity (Wildman–Crippen MR) is 87.1 cm³/mol. The lowest BCUT2D eigenvalue weighted by Crippen LogP contribution is -2.30. The molecule has 1 heterocycles. The van der Waals surface area contributed by atoms with E-state index in [4.69, 9.17) is 0 Å². The molecule has 1 aromatic carbocycles. The van der Waals surface area contributed by atoms with Crippen molar-refractivity contribution in [3.63, 3.8) is 0 Å². The molecule has 0 unspecified atom stereocenters. The minimum Gasteiger partial charge on any atom is -0.359 e. The maximum atomic E-state index is 12.7. The van der Waals surface area contributed by atoms with Crippen LogP contribution in [0.2, 0.25) is 0 Å². The van der Waals surface area contributed by atoms with Gasteiger partial charge < -0.3 is 10.2 Å². The van der Waals surface area contributed by atoms with Gasteiger partial charge in [0.25, 0.3) is 0 Å². The van der Waals surface area contributed by atoms with Gasteiger partial charge in [0.15, 0.2) is 0 Å². The van der Waals surface area contributed by atoms with E-state index in [9.17, 15) is 9.59 Å². The molecule has 0 aromatic heterocycles. The molecule has 1 aliphatic rings. The normalized spacial score (nSPS) is 21.7. The highest BCUT2D eigenvalue weighted by molar-refractivity contribution is 9.10. The van der Waals surface area contributed by atoms with Crippen LogP contribution in [0.5, 0.6) is 0 Å². The van der Waals surface area contributed by atoms with Gasteiger partial charge in [-0.2, -0.15) is 0 Å². The molecule has 0 saturated carbocycles. The molecule has 2 amide bonds. The number of rotatable bonds is 5. The van der Waals surface area contributed by atoms with Crippen LogP contribution < -0.4 is 10.2 Å². The largest absolute Gasteiger partial charge is 0.359 e. The molecule has 5 heteroatoms. The van der Waals surface area contributed by atoms with E-state index in [1.165, 1.54) is 0 Å². The van der Waals surface area contributed by atoms with Gasteiger partial charge in [0.2, 0.25) is 11.8 Å². The molecule has 0 aliphatic carbocycles. The second-order valence-corrected chi connectivity index (χ2v) is 6.37. The molecule has 21 heavy (non-hydrogen) atoms. The Balaban J connectivity index is 2.19. The van der Waals surface area contributed by atoms with Gasteiger partial charge in [-0.25, -0.2) is 0 Å². The van der Waals surface area contributed by atoms with E-state index in [1.54, 1.807) is 7.05 Å². The third-order valence-electron chi connectivity index (χ3n) is 4.05. The zero-order valence-corrected chi connectivity index (χ0v) is 14.0. The Bertz CT molecular complexity index is 516. The maximum absolute atomic E-state index is 12.7. The van der Waals surface area contributed by atoms with Crippen molar-refractivity contribution in [3.8, 4) is 0 Å². The molecule has 0 spiro atoms. The summed E-state index contributed by atoms with van der Waals surface area (Å²) in [6.07, 6.45) is 2.28. The number of anilines is 1. The van der Waals surface area contributed by atoms with Crippen LogP contribution in [-0.2, 0) is 9.59 Å². The van der Waals surface area contributed by atoms with Gasteiger partial charge in [-0.3, -0.25) is 9.59 Å².